The van der Waals surface area contributed by atoms with E-state index in [0.717, 1.165) is 4.90 Å². The quantitative estimate of drug-likeness (QED) is 0.469. The highest BCUT2D eigenvalue weighted by atomic mass is 16.3. The zero-order valence-corrected chi connectivity index (χ0v) is 6.15. The van der Waals surface area contributed by atoms with E-state index in [-0.39, 0.29) is 6.54 Å². The Morgan fingerprint density at radius 2 is 2.36 bits per heavy atom. The maximum absolute atomic E-state index is 11.0. The lowest BCUT2D eigenvalue weighted by atomic mass is 10.1. The first-order chi connectivity index (χ1) is 5.04. The van der Waals surface area contributed by atoms with Crippen LogP contribution in [-0.2, 0) is 4.79 Å². The molecule has 5 heteroatoms. The molecular formula is C6H10N2O3. The smallest absolute Gasteiger partial charge is 0.321 e. The highest BCUT2D eigenvalue weighted by Gasteiger charge is 2.38. The summed E-state index contributed by atoms with van der Waals surface area (Å²) in [5.74, 6) is -0.910. The number of amides is 3. The molecule has 2 atom stereocenters. The molecule has 1 aliphatic heterocycles. The monoisotopic (exact) mass is 158 g/mol. The Kier molecular flexibility index (Phi) is 1.82. The molecule has 1 saturated heterocycles. The van der Waals surface area contributed by atoms with Crippen LogP contribution in [0.2, 0.25) is 0 Å². The Morgan fingerprint density at radius 3 is 2.55 bits per heavy atom. The van der Waals surface area contributed by atoms with E-state index in [9.17, 15) is 9.59 Å². The van der Waals surface area contributed by atoms with Crippen molar-refractivity contribution in [3.05, 3.63) is 0 Å². The summed E-state index contributed by atoms with van der Waals surface area (Å²) >= 11 is 0. The van der Waals surface area contributed by atoms with Gasteiger partial charge in [-0.2, -0.15) is 0 Å². The van der Waals surface area contributed by atoms with E-state index >= 15 is 0 Å². The minimum Gasteiger partial charge on any atom is -0.390 e. The van der Waals surface area contributed by atoms with Crippen molar-refractivity contribution < 1.29 is 14.7 Å². The van der Waals surface area contributed by atoms with Crippen LogP contribution in [-0.4, -0.2) is 34.6 Å². The number of rotatable bonds is 0. The first-order valence-electron chi connectivity index (χ1n) is 3.33. The average molecular weight is 158 g/mol. The number of carbonyl (C=O) groups is 2. The predicted molar refractivity (Wildman–Crippen MR) is 36.5 cm³/mol. The molecule has 11 heavy (non-hydrogen) atoms. The summed E-state index contributed by atoms with van der Waals surface area (Å²) in [7, 11) is 0. The molecule has 0 saturated carbocycles. The molecule has 1 unspecified atom stereocenters. The molecule has 0 bridgehead atoms. The molecule has 1 rings (SSSR count). The van der Waals surface area contributed by atoms with Gasteiger partial charge in [0.15, 0.2) is 0 Å². The number of aliphatic hydroxyl groups is 1. The Labute approximate surface area is 63.8 Å². The van der Waals surface area contributed by atoms with Gasteiger partial charge in [0.1, 0.15) is 0 Å². The number of hydrogen-bond donors (Lipinski definition) is 2. The maximum Gasteiger partial charge on any atom is 0.321 e. The highest BCUT2D eigenvalue weighted by molar-refractivity contribution is 5.96. The Bertz CT molecular complexity index is 204. The molecule has 3 N–H and O–H groups in total. The van der Waals surface area contributed by atoms with Crippen LogP contribution in [0.1, 0.15) is 6.92 Å². The summed E-state index contributed by atoms with van der Waals surface area (Å²) in [4.78, 5) is 22.4. The van der Waals surface area contributed by atoms with E-state index in [4.69, 9.17) is 10.8 Å². The van der Waals surface area contributed by atoms with Crippen LogP contribution in [0.25, 0.3) is 0 Å². The van der Waals surface area contributed by atoms with Crippen molar-refractivity contribution in [3.8, 4) is 0 Å². The van der Waals surface area contributed by atoms with E-state index in [1.54, 1.807) is 6.92 Å². The Balaban J connectivity index is 2.75. The van der Waals surface area contributed by atoms with Crippen LogP contribution in [0.5, 0.6) is 0 Å². The van der Waals surface area contributed by atoms with Gasteiger partial charge < -0.3 is 10.8 Å². The van der Waals surface area contributed by atoms with Gasteiger partial charge in [0, 0.05) is 0 Å². The van der Waals surface area contributed by atoms with E-state index in [1.807, 2.05) is 0 Å². The second-order valence-electron chi connectivity index (χ2n) is 2.64. The van der Waals surface area contributed by atoms with E-state index < -0.39 is 24.0 Å². The molecule has 1 aliphatic rings. The zero-order chi connectivity index (χ0) is 8.59. The zero-order valence-electron chi connectivity index (χ0n) is 6.15. The van der Waals surface area contributed by atoms with E-state index in [0.29, 0.717) is 0 Å². The van der Waals surface area contributed by atoms with Crippen molar-refractivity contribution in [2.24, 2.45) is 11.7 Å². The second-order valence-corrected chi connectivity index (χ2v) is 2.64. The van der Waals surface area contributed by atoms with Crippen LogP contribution in [0.3, 0.4) is 0 Å². The predicted octanol–water partition coefficient (Wildman–Crippen LogP) is -1.10. The fraction of sp³-hybridized carbons (Fsp3) is 0.667. The molecular weight excluding hydrogens is 148 g/mol. The molecule has 0 aromatic heterocycles. The summed E-state index contributed by atoms with van der Waals surface area (Å²) in [6.07, 6.45) is -0.769. The van der Waals surface area contributed by atoms with Gasteiger partial charge in [-0.25, -0.2) is 4.79 Å². The van der Waals surface area contributed by atoms with Gasteiger partial charge in [-0.3, -0.25) is 9.69 Å². The van der Waals surface area contributed by atoms with E-state index in [2.05, 4.69) is 0 Å². The van der Waals surface area contributed by atoms with Crippen LogP contribution in [0.4, 0.5) is 4.79 Å². The number of β-amino-alcohol motifs (C(OH)–C–C–N with tert-alkyl or cyclic N) is 1. The minimum absolute atomic E-state index is 0.0231. The van der Waals surface area contributed by atoms with Crippen molar-refractivity contribution >= 4 is 11.9 Å². The number of aliphatic hydroxyl groups excluding tert-OH is 1. The second kappa shape index (κ2) is 2.50. The molecule has 3 amide bonds. The lowest BCUT2D eigenvalue weighted by Gasteiger charge is -2.08. The van der Waals surface area contributed by atoms with Crippen molar-refractivity contribution in [3.63, 3.8) is 0 Å². The van der Waals surface area contributed by atoms with Crippen molar-refractivity contribution in [2.75, 3.05) is 6.54 Å². The molecule has 0 aromatic rings. The normalized spacial score (nSPS) is 31.1. The largest absolute Gasteiger partial charge is 0.390 e. The first-order valence-corrected chi connectivity index (χ1v) is 3.33. The van der Waals surface area contributed by atoms with Gasteiger partial charge in [0.2, 0.25) is 5.91 Å². The van der Waals surface area contributed by atoms with E-state index in [1.165, 1.54) is 0 Å². The summed E-state index contributed by atoms with van der Waals surface area (Å²) in [5.41, 5.74) is 4.87. The van der Waals surface area contributed by atoms with Gasteiger partial charge in [0.25, 0.3) is 0 Å². The topological polar surface area (TPSA) is 83.6 Å². The van der Waals surface area contributed by atoms with Gasteiger partial charge in [-0.05, 0) is 0 Å². The SMILES string of the molecule is CC1C(=O)N(C(N)=O)C[C@@H]1O. The third kappa shape index (κ3) is 1.19. The van der Waals surface area contributed by atoms with Crippen molar-refractivity contribution in [1.82, 2.24) is 4.90 Å². The van der Waals surface area contributed by atoms with Gasteiger partial charge in [-0.15, -0.1) is 0 Å². The summed E-state index contributed by atoms with van der Waals surface area (Å²) in [5, 5.41) is 9.12. The lowest BCUT2D eigenvalue weighted by molar-refractivity contribution is -0.128. The van der Waals surface area contributed by atoms with Gasteiger partial charge >= 0.3 is 6.03 Å². The number of urea groups is 1. The Hall–Kier alpha value is -1.10. The van der Waals surface area contributed by atoms with Crippen LogP contribution in [0.15, 0.2) is 0 Å². The third-order valence-electron chi connectivity index (χ3n) is 1.87. The maximum atomic E-state index is 11.0. The summed E-state index contributed by atoms with van der Waals surface area (Å²) in [6.45, 7) is 1.59. The minimum atomic E-state index is -0.793. The van der Waals surface area contributed by atoms with Crippen LogP contribution < -0.4 is 5.73 Å². The molecule has 5 nitrogen and oxygen atoms in total. The third-order valence-corrected chi connectivity index (χ3v) is 1.87. The Morgan fingerprint density at radius 1 is 1.82 bits per heavy atom. The number of imide groups is 1. The molecule has 0 aromatic carbocycles. The van der Waals surface area contributed by atoms with Crippen molar-refractivity contribution in [1.29, 1.82) is 0 Å². The van der Waals surface area contributed by atoms with Crippen molar-refractivity contribution in [2.45, 2.75) is 13.0 Å². The fourth-order valence-corrected chi connectivity index (χ4v) is 1.04. The number of hydrogen-bond acceptors (Lipinski definition) is 3. The number of nitrogens with two attached hydrogens (primary N) is 1. The molecule has 1 fully saturated rings. The van der Waals surface area contributed by atoms with Gasteiger partial charge in [0.05, 0.1) is 18.6 Å². The molecule has 0 spiro atoms. The fourth-order valence-electron chi connectivity index (χ4n) is 1.04. The number of nitrogens with zero attached hydrogens (tertiary/aromatic N) is 1. The van der Waals surface area contributed by atoms with Crippen LogP contribution >= 0.6 is 0 Å². The molecule has 62 valence electrons. The number of likely N-dealkylation sites (tertiary alicyclic amines) is 1. The summed E-state index contributed by atoms with van der Waals surface area (Å²) < 4.78 is 0. The number of primary amides is 1. The number of carbonyl (C=O) groups excluding carboxylic acids is 2. The molecule has 0 aliphatic carbocycles. The molecule has 1 heterocycles. The van der Waals surface area contributed by atoms with Gasteiger partial charge in [-0.1, -0.05) is 6.92 Å². The average Bonchev–Trinajstić information content (AvgIpc) is 2.17. The first kappa shape index (κ1) is 8.00. The lowest BCUT2D eigenvalue weighted by Crippen LogP contribution is -2.37. The molecule has 0 radical (unpaired) electrons. The van der Waals surface area contributed by atoms with Crippen LogP contribution in [0, 0.1) is 5.92 Å². The standard InChI is InChI=1S/C6H10N2O3/c1-3-4(9)2-8(5(3)10)6(7)11/h3-4,9H,2H2,1H3,(H2,7,11)/t3?,4-/m0/s1. The highest BCUT2D eigenvalue weighted by Crippen LogP contribution is 2.16. The summed E-state index contributed by atoms with van der Waals surface area (Å²) in [6, 6.07) is -0.793.